The molecule has 1 aliphatic rings. The van der Waals surface area contributed by atoms with E-state index >= 15 is 0 Å². The van der Waals surface area contributed by atoms with E-state index in [1.54, 1.807) is 23.9 Å². The molecule has 1 aromatic heterocycles. The van der Waals surface area contributed by atoms with Crippen molar-refractivity contribution in [1.29, 1.82) is 0 Å². The van der Waals surface area contributed by atoms with Crippen molar-refractivity contribution in [2.45, 2.75) is 24.4 Å². The molecule has 0 spiro atoms. The summed E-state index contributed by atoms with van der Waals surface area (Å²) in [6, 6.07) is 17.7. The van der Waals surface area contributed by atoms with Gasteiger partial charge in [0.25, 0.3) is 11.8 Å². The van der Waals surface area contributed by atoms with Gasteiger partial charge in [0.05, 0.1) is 5.56 Å². The summed E-state index contributed by atoms with van der Waals surface area (Å²) in [5, 5.41) is 3.47. The lowest BCUT2D eigenvalue weighted by atomic mass is 10.0. The molecule has 0 atom stereocenters. The van der Waals surface area contributed by atoms with Crippen LogP contribution in [0.4, 0.5) is 5.00 Å². The Bertz CT molecular complexity index is 1060. The summed E-state index contributed by atoms with van der Waals surface area (Å²) in [5.41, 5.74) is 8.95. The summed E-state index contributed by atoms with van der Waals surface area (Å²) in [4.78, 5) is 29.5. The summed E-state index contributed by atoms with van der Waals surface area (Å²) >= 11 is 3.08. The largest absolute Gasteiger partial charge is 0.365 e. The number of thiophene rings is 1. The van der Waals surface area contributed by atoms with E-state index in [0.717, 1.165) is 41.4 Å². The van der Waals surface area contributed by atoms with Crippen LogP contribution in [0, 0.1) is 0 Å². The molecule has 0 aliphatic carbocycles. The Morgan fingerprint density at radius 1 is 1.13 bits per heavy atom. The normalized spacial score (nSPS) is 13.6. The molecule has 3 aromatic rings. The van der Waals surface area contributed by atoms with Gasteiger partial charge in [-0.2, -0.15) is 0 Å². The second-order valence-corrected chi connectivity index (χ2v) is 9.19. The Morgan fingerprint density at radius 3 is 2.53 bits per heavy atom. The predicted molar refractivity (Wildman–Crippen MR) is 123 cm³/mol. The van der Waals surface area contributed by atoms with Crippen molar-refractivity contribution < 1.29 is 9.59 Å². The van der Waals surface area contributed by atoms with Gasteiger partial charge in [-0.05, 0) is 48.1 Å². The van der Waals surface area contributed by atoms with E-state index in [0.29, 0.717) is 16.1 Å². The topological polar surface area (TPSA) is 75.4 Å². The Labute approximate surface area is 184 Å². The number of primary amides is 1. The monoisotopic (exact) mass is 437 g/mol. The Morgan fingerprint density at radius 2 is 1.87 bits per heavy atom. The van der Waals surface area contributed by atoms with Crippen LogP contribution >= 0.6 is 23.1 Å². The van der Waals surface area contributed by atoms with Crippen molar-refractivity contribution in [2.24, 2.45) is 5.73 Å². The number of fused-ring (bicyclic) bond motifs is 1. The zero-order valence-corrected chi connectivity index (χ0v) is 18.3. The molecule has 0 fully saturated rings. The molecule has 2 amide bonds. The Hall–Kier alpha value is -2.61. The van der Waals surface area contributed by atoms with E-state index in [-0.39, 0.29) is 5.91 Å². The molecule has 30 heavy (non-hydrogen) atoms. The van der Waals surface area contributed by atoms with E-state index in [4.69, 9.17) is 5.73 Å². The van der Waals surface area contributed by atoms with Crippen molar-refractivity contribution >= 4 is 39.9 Å². The molecule has 7 heteroatoms. The van der Waals surface area contributed by atoms with E-state index in [9.17, 15) is 9.59 Å². The van der Waals surface area contributed by atoms with Crippen molar-refractivity contribution in [3.05, 3.63) is 81.7 Å². The van der Waals surface area contributed by atoms with Gasteiger partial charge in [0.1, 0.15) is 5.00 Å². The van der Waals surface area contributed by atoms with Crippen LogP contribution in [-0.4, -0.2) is 29.5 Å². The average Bonchev–Trinajstić information content (AvgIpc) is 3.11. The number of thioether (sulfide) groups is 1. The molecule has 2 aromatic carbocycles. The second-order valence-electron chi connectivity index (χ2n) is 7.20. The first-order valence-electron chi connectivity index (χ1n) is 9.71. The number of hydrogen-bond donors (Lipinski definition) is 2. The minimum absolute atomic E-state index is 0.232. The van der Waals surface area contributed by atoms with Crippen LogP contribution in [0.2, 0.25) is 0 Å². The van der Waals surface area contributed by atoms with E-state index in [1.165, 1.54) is 16.9 Å². The first-order valence-corrected chi connectivity index (χ1v) is 11.8. The summed E-state index contributed by atoms with van der Waals surface area (Å²) in [6.07, 6.45) is 2.74. The van der Waals surface area contributed by atoms with Gasteiger partial charge in [0.2, 0.25) is 0 Å². The predicted octanol–water partition coefficient (Wildman–Crippen LogP) is 4.38. The molecule has 0 saturated heterocycles. The highest BCUT2D eigenvalue weighted by Gasteiger charge is 2.28. The molecule has 2 heterocycles. The highest BCUT2D eigenvalue weighted by molar-refractivity contribution is 7.98. The first kappa shape index (κ1) is 20.7. The molecule has 0 bridgehead atoms. The Kier molecular flexibility index (Phi) is 6.22. The van der Waals surface area contributed by atoms with Gasteiger partial charge >= 0.3 is 0 Å². The standard InChI is InChI=1S/C23H23N3O2S2/c1-29-17-9-7-16(8-10-17)22(28)25-23-20(21(24)27)18-11-12-26(14-19(18)30-23)13-15-5-3-2-4-6-15/h2-10H,11-14H2,1H3,(H2,24,27)(H,25,28). The number of anilines is 1. The van der Waals surface area contributed by atoms with Gasteiger partial charge in [-0.25, -0.2) is 0 Å². The van der Waals surface area contributed by atoms with Gasteiger partial charge in [0.15, 0.2) is 0 Å². The Balaban J connectivity index is 1.54. The molecule has 154 valence electrons. The minimum atomic E-state index is -0.489. The quantitative estimate of drug-likeness (QED) is 0.561. The van der Waals surface area contributed by atoms with Crippen molar-refractivity contribution in [1.82, 2.24) is 4.90 Å². The number of nitrogens with zero attached hydrogens (tertiary/aromatic N) is 1. The summed E-state index contributed by atoms with van der Waals surface area (Å²) < 4.78 is 0. The number of benzene rings is 2. The fourth-order valence-corrected chi connectivity index (χ4v) is 5.40. The lowest BCUT2D eigenvalue weighted by Crippen LogP contribution is -2.30. The van der Waals surface area contributed by atoms with Crippen LogP contribution < -0.4 is 11.1 Å². The third-order valence-corrected chi connectivity index (χ3v) is 7.09. The molecule has 0 saturated carbocycles. The summed E-state index contributed by atoms with van der Waals surface area (Å²) in [7, 11) is 0. The second kappa shape index (κ2) is 9.04. The number of rotatable bonds is 6. The van der Waals surface area contributed by atoms with Gasteiger partial charge in [-0.3, -0.25) is 14.5 Å². The lowest BCUT2D eigenvalue weighted by Gasteiger charge is -2.27. The maximum Gasteiger partial charge on any atom is 0.256 e. The number of nitrogens with one attached hydrogen (secondary N) is 1. The van der Waals surface area contributed by atoms with Gasteiger partial charge in [-0.1, -0.05) is 30.3 Å². The number of nitrogens with two attached hydrogens (primary N) is 1. The molecule has 1 aliphatic heterocycles. The van der Waals surface area contributed by atoms with Crippen LogP contribution in [0.15, 0.2) is 59.5 Å². The lowest BCUT2D eigenvalue weighted by molar-refractivity contribution is 0.0999. The van der Waals surface area contributed by atoms with E-state index in [2.05, 4.69) is 22.3 Å². The number of carbonyl (C=O) groups is 2. The number of hydrogen-bond acceptors (Lipinski definition) is 5. The molecule has 3 N–H and O–H groups in total. The number of amides is 2. The first-order chi connectivity index (χ1) is 14.5. The van der Waals surface area contributed by atoms with E-state index in [1.807, 2.05) is 36.6 Å². The van der Waals surface area contributed by atoms with Crippen LogP contribution in [0.25, 0.3) is 0 Å². The van der Waals surface area contributed by atoms with Crippen LogP contribution in [0.5, 0.6) is 0 Å². The average molecular weight is 438 g/mol. The maximum atomic E-state index is 12.7. The minimum Gasteiger partial charge on any atom is -0.365 e. The highest BCUT2D eigenvalue weighted by Crippen LogP contribution is 2.37. The third kappa shape index (κ3) is 4.43. The van der Waals surface area contributed by atoms with Crippen LogP contribution in [0.3, 0.4) is 0 Å². The maximum absolute atomic E-state index is 12.7. The van der Waals surface area contributed by atoms with Gasteiger partial charge < -0.3 is 11.1 Å². The SMILES string of the molecule is CSc1ccc(C(=O)Nc2sc3c(c2C(N)=O)CCN(Cc2ccccc2)C3)cc1. The molecule has 0 unspecified atom stereocenters. The molecule has 5 nitrogen and oxygen atoms in total. The smallest absolute Gasteiger partial charge is 0.256 e. The van der Waals surface area contributed by atoms with Crippen molar-refractivity contribution in [3.63, 3.8) is 0 Å². The van der Waals surface area contributed by atoms with Crippen molar-refractivity contribution in [2.75, 3.05) is 18.1 Å². The summed E-state index contributed by atoms with van der Waals surface area (Å²) in [5.74, 6) is -0.720. The van der Waals surface area contributed by atoms with E-state index < -0.39 is 5.91 Å². The zero-order chi connectivity index (χ0) is 21.1. The molecule has 4 rings (SSSR count). The van der Waals surface area contributed by atoms with Gasteiger partial charge in [0, 0.05) is 35.0 Å². The highest BCUT2D eigenvalue weighted by atomic mass is 32.2. The molecular weight excluding hydrogens is 414 g/mol. The summed E-state index contributed by atoms with van der Waals surface area (Å²) in [6.45, 7) is 2.45. The number of carbonyl (C=O) groups excluding carboxylic acids is 2. The zero-order valence-electron chi connectivity index (χ0n) is 16.7. The molecular formula is C23H23N3O2S2. The molecule has 0 radical (unpaired) electrons. The third-order valence-electron chi connectivity index (χ3n) is 5.21. The van der Waals surface area contributed by atoms with Crippen LogP contribution in [0.1, 0.15) is 36.7 Å². The fraction of sp³-hybridized carbons (Fsp3) is 0.217. The van der Waals surface area contributed by atoms with Crippen molar-refractivity contribution in [3.8, 4) is 0 Å². The van der Waals surface area contributed by atoms with Gasteiger partial charge in [-0.15, -0.1) is 23.1 Å². The van der Waals surface area contributed by atoms with Crippen LogP contribution in [-0.2, 0) is 19.5 Å². The fourth-order valence-electron chi connectivity index (χ4n) is 3.70.